The number of amides is 1. The first kappa shape index (κ1) is 17.2. The molecule has 0 saturated carbocycles. The normalized spacial score (nSPS) is 16.6. The number of nitrogens with zero attached hydrogens (tertiary/aromatic N) is 5. The van der Waals surface area contributed by atoms with Gasteiger partial charge in [-0.3, -0.25) is 14.3 Å². The summed E-state index contributed by atoms with van der Waals surface area (Å²) >= 11 is 0. The lowest BCUT2D eigenvalue weighted by molar-refractivity contribution is -0.147. The SMILES string of the molecule is CCOC(=O)[C@H]1CN(C(=O)Cc2ccn(C)n2)Cc2ncn(CC)c21. The molecule has 134 valence electrons. The molecule has 25 heavy (non-hydrogen) atoms. The summed E-state index contributed by atoms with van der Waals surface area (Å²) in [6.45, 7) is 5.53. The average molecular weight is 345 g/mol. The quantitative estimate of drug-likeness (QED) is 0.751. The summed E-state index contributed by atoms with van der Waals surface area (Å²) in [5.74, 6) is -0.877. The van der Waals surface area contributed by atoms with Crippen LogP contribution in [0.3, 0.4) is 0 Å². The van der Waals surface area contributed by atoms with E-state index in [9.17, 15) is 9.59 Å². The van der Waals surface area contributed by atoms with E-state index in [1.54, 1.807) is 29.0 Å². The van der Waals surface area contributed by atoms with E-state index in [0.29, 0.717) is 25.4 Å². The zero-order valence-electron chi connectivity index (χ0n) is 14.8. The molecular weight excluding hydrogens is 322 g/mol. The van der Waals surface area contributed by atoms with E-state index in [1.807, 2.05) is 24.6 Å². The number of hydrogen-bond acceptors (Lipinski definition) is 5. The molecule has 0 spiro atoms. The van der Waals surface area contributed by atoms with Gasteiger partial charge in [-0.15, -0.1) is 0 Å². The molecule has 0 aliphatic carbocycles. The molecule has 0 radical (unpaired) electrons. The Morgan fingerprint density at radius 2 is 2.16 bits per heavy atom. The van der Waals surface area contributed by atoms with Crippen molar-refractivity contribution in [3.8, 4) is 0 Å². The fourth-order valence-electron chi connectivity index (χ4n) is 3.20. The molecule has 8 heteroatoms. The predicted molar refractivity (Wildman–Crippen MR) is 89.6 cm³/mol. The summed E-state index contributed by atoms with van der Waals surface area (Å²) in [5, 5.41) is 4.25. The van der Waals surface area contributed by atoms with Gasteiger partial charge in [0.15, 0.2) is 0 Å². The molecule has 2 aromatic rings. The Morgan fingerprint density at radius 3 is 2.80 bits per heavy atom. The van der Waals surface area contributed by atoms with E-state index in [0.717, 1.165) is 17.9 Å². The molecule has 0 unspecified atom stereocenters. The summed E-state index contributed by atoms with van der Waals surface area (Å²) in [4.78, 5) is 31.2. The molecule has 0 aromatic carbocycles. The number of esters is 1. The molecule has 0 saturated heterocycles. The van der Waals surface area contributed by atoms with E-state index in [-0.39, 0.29) is 18.3 Å². The van der Waals surface area contributed by atoms with Crippen LogP contribution in [-0.2, 0) is 40.9 Å². The van der Waals surface area contributed by atoms with Crippen LogP contribution in [0.15, 0.2) is 18.6 Å². The zero-order chi connectivity index (χ0) is 18.0. The Hall–Kier alpha value is -2.64. The van der Waals surface area contributed by atoms with Gasteiger partial charge in [0.2, 0.25) is 5.91 Å². The minimum atomic E-state index is -0.501. The molecule has 0 fully saturated rings. The van der Waals surface area contributed by atoms with Crippen LogP contribution in [-0.4, -0.2) is 49.3 Å². The number of rotatable bonds is 5. The highest BCUT2D eigenvalue weighted by molar-refractivity contribution is 5.83. The van der Waals surface area contributed by atoms with Crippen molar-refractivity contribution in [2.45, 2.75) is 39.3 Å². The first-order valence-electron chi connectivity index (χ1n) is 8.50. The predicted octanol–water partition coefficient (Wildman–Crippen LogP) is 0.868. The smallest absolute Gasteiger partial charge is 0.316 e. The Balaban J connectivity index is 1.83. The highest BCUT2D eigenvalue weighted by Crippen LogP contribution is 2.29. The summed E-state index contributed by atoms with van der Waals surface area (Å²) in [5.41, 5.74) is 2.34. The number of carbonyl (C=O) groups is 2. The Labute approximate surface area is 146 Å². The monoisotopic (exact) mass is 345 g/mol. The molecule has 0 bridgehead atoms. The third-order valence-corrected chi connectivity index (χ3v) is 4.40. The summed E-state index contributed by atoms with van der Waals surface area (Å²) < 4.78 is 8.85. The van der Waals surface area contributed by atoms with Crippen molar-refractivity contribution < 1.29 is 14.3 Å². The van der Waals surface area contributed by atoms with Crippen LogP contribution in [0, 0.1) is 0 Å². The maximum atomic E-state index is 12.7. The van der Waals surface area contributed by atoms with Gasteiger partial charge in [0, 0.05) is 26.3 Å². The zero-order valence-corrected chi connectivity index (χ0v) is 14.8. The summed E-state index contributed by atoms with van der Waals surface area (Å²) in [7, 11) is 1.81. The van der Waals surface area contributed by atoms with Gasteiger partial charge in [-0.05, 0) is 19.9 Å². The van der Waals surface area contributed by atoms with Crippen molar-refractivity contribution in [3.05, 3.63) is 35.7 Å². The van der Waals surface area contributed by atoms with Crippen molar-refractivity contribution in [2.24, 2.45) is 7.05 Å². The fraction of sp³-hybridized carbons (Fsp3) is 0.529. The molecule has 1 aliphatic heterocycles. The van der Waals surface area contributed by atoms with Gasteiger partial charge in [0.25, 0.3) is 0 Å². The van der Waals surface area contributed by atoms with Crippen molar-refractivity contribution in [3.63, 3.8) is 0 Å². The van der Waals surface area contributed by atoms with Crippen LogP contribution >= 0.6 is 0 Å². The van der Waals surface area contributed by atoms with E-state index in [1.165, 1.54) is 0 Å². The number of aromatic nitrogens is 4. The van der Waals surface area contributed by atoms with Gasteiger partial charge in [-0.2, -0.15) is 5.10 Å². The highest BCUT2D eigenvalue weighted by Gasteiger charge is 2.36. The molecule has 1 aliphatic rings. The van der Waals surface area contributed by atoms with Crippen LogP contribution < -0.4 is 0 Å². The lowest BCUT2D eigenvalue weighted by atomic mass is 9.97. The van der Waals surface area contributed by atoms with Gasteiger partial charge < -0.3 is 14.2 Å². The topological polar surface area (TPSA) is 82.2 Å². The lowest BCUT2D eigenvalue weighted by Crippen LogP contribution is -2.42. The second-order valence-corrected chi connectivity index (χ2v) is 6.10. The maximum Gasteiger partial charge on any atom is 0.316 e. The molecule has 1 amide bonds. The Morgan fingerprint density at radius 1 is 1.36 bits per heavy atom. The van der Waals surface area contributed by atoms with Crippen molar-refractivity contribution in [1.82, 2.24) is 24.2 Å². The lowest BCUT2D eigenvalue weighted by Gasteiger charge is -2.32. The third kappa shape index (κ3) is 3.42. The third-order valence-electron chi connectivity index (χ3n) is 4.40. The minimum absolute atomic E-state index is 0.0651. The van der Waals surface area contributed by atoms with Crippen LogP contribution in [0.25, 0.3) is 0 Å². The fourth-order valence-corrected chi connectivity index (χ4v) is 3.20. The Kier molecular flexibility index (Phi) is 4.87. The largest absolute Gasteiger partial charge is 0.465 e. The molecule has 1 atom stereocenters. The van der Waals surface area contributed by atoms with Crippen molar-refractivity contribution >= 4 is 11.9 Å². The second-order valence-electron chi connectivity index (χ2n) is 6.10. The number of aryl methyl sites for hydroxylation is 2. The first-order valence-corrected chi connectivity index (χ1v) is 8.50. The molecule has 3 rings (SSSR count). The molecule has 2 aromatic heterocycles. The summed E-state index contributed by atoms with van der Waals surface area (Å²) in [6.07, 6.45) is 3.74. The standard InChI is InChI=1S/C17H23N5O3/c1-4-21-11-18-14-10-22(9-13(16(14)21)17(24)25-5-2)15(23)8-12-6-7-20(3)19-12/h6-7,11,13H,4-5,8-10H2,1-3H3/t13-/m0/s1. The molecule has 0 N–H and O–H groups in total. The average Bonchev–Trinajstić information content (AvgIpc) is 3.19. The van der Waals surface area contributed by atoms with E-state index in [4.69, 9.17) is 4.74 Å². The van der Waals surface area contributed by atoms with Gasteiger partial charge in [0.1, 0.15) is 5.92 Å². The van der Waals surface area contributed by atoms with Gasteiger partial charge in [0.05, 0.1) is 43.0 Å². The number of fused-ring (bicyclic) bond motifs is 1. The van der Waals surface area contributed by atoms with Crippen LogP contribution in [0.2, 0.25) is 0 Å². The number of hydrogen-bond donors (Lipinski definition) is 0. The minimum Gasteiger partial charge on any atom is -0.465 e. The van der Waals surface area contributed by atoms with Gasteiger partial charge in [-0.1, -0.05) is 0 Å². The second kappa shape index (κ2) is 7.08. The number of imidazole rings is 1. The molecular formula is C17H23N5O3. The maximum absolute atomic E-state index is 12.7. The van der Waals surface area contributed by atoms with E-state index < -0.39 is 5.92 Å². The number of carbonyl (C=O) groups excluding carboxylic acids is 2. The van der Waals surface area contributed by atoms with E-state index >= 15 is 0 Å². The number of ether oxygens (including phenoxy) is 1. The molecule has 3 heterocycles. The van der Waals surface area contributed by atoms with Crippen LogP contribution in [0.5, 0.6) is 0 Å². The van der Waals surface area contributed by atoms with E-state index in [2.05, 4.69) is 10.1 Å². The summed E-state index contributed by atoms with van der Waals surface area (Å²) in [6, 6.07) is 1.82. The van der Waals surface area contributed by atoms with Crippen molar-refractivity contribution in [1.29, 1.82) is 0 Å². The Bertz CT molecular complexity index is 779. The van der Waals surface area contributed by atoms with Crippen molar-refractivity contribution in [2.75, 3.05) is 13.2 Å². The molecule has 8 nitrogen and oxygen atoms in total. The van der Waals surface area contributed by atoms with Crippen LogP contribution in [0.4, 0.5) is 0 Å². The first-order chi connectivity index (χ1) is 12.0. The van der Waals surface area contributed by atoms with Crippen LogP contribution in [0.1, 0.15) is 36.8 Å². The van der Waals surface area contributed by atoms with Gasteiger partial charge >= 0.3 is 5.97 Å². The highest BCUT2D eigenvalue weighted by atomic mass is 16.5. The van der Waals surface area contributed by atoms with Gasteiger partial charge in [-0.25, -0.2) is 4.98 Å².